The molecule has 5 aliphatic heterocycles. The first-order valence-electron chi connectivity index (χ1n) is 14.1. The zero-order valence-corrected chi connectivity index (χ0v) is 22.2. The molecule has 0 aliphatic carbocycles. The molecule has 8 nitrogen and oxygen atoms in total. The molecule has 194 valence electrons. The maximum absolute atomic E-state index is 5.43. The van der Waals surface area contributed by atoms with Crippen LogP contribution in [0.25, 0.3) is 21.5 Å². The summed E-state index contributed by atoms with van der Waals surface area (Å²) in [4.78, 5) is 21.0. The highest BCUT2D eigenvalue weighted by atomic mass is 15.7. The van der Waals surface area contributed by atoms with Gasteiger partial charge in [-0.05, 0) is 48.1 Å². The van der Waals surface area contributed by atoms with E-state index in [1.165, 1.54) is 5.56 Å². The third kappa shape index (κ3) is 2.04. The van der Waals surface area contributed by atoms with E-state index in [-0.39, 0.29) is 0 Å². The van der Waals surface area contributed by atoms with Gasteiger partial charge in [-0.1, -0.05) is 70.6 Å². The minimum Gasteiger partial charge on any atom is -0.246 e. The number of rotatable bonds is 1. The molecule has 4 aromatic carbocycles. The summed E-state index contributed by atoms with van der Waals surface area (Å²) in [5.41, 5.74) is 6.26. The van der Waals surface area contributed by atoms with Crippen molar-refractivity contribution in [1.29, 1.82) is 0 Å². The molecule has 0 fully saturated rings. The van der Waals surface area contributed by atoms with Gasteiger partial charge in [-0.3, -0.25) is 0 Å². The van der Waals surface area contributed by atoms with Gasteiger partial charge >= 0.3 is 11.7 Å². The Balaban J connectivity index is 1.48. The van der Waals surface area contributed by atoms with E-state index in [0.717, 1.165) is 78.4 Å². The number of fused-ring (bicyclic) bond motifs is 11. The Bertz CT molecular complexity index is 2570. The van der Waals surface area contributed by atoms with E-state index < -0.39 is 5.91 Å². The largest absolute Gasteiger partial charge is 0.419 e. The second kappa shape index (κ2) is 6.75. The monoisotopic (exact) mass is 540 g/mol. The number of hydrogen-bond acceptors (Lipinski definition) is 4. The molecule has 1 atom stereocenters. The summed E-state index contributed by atoms with van der Waals surface area (Å²) in [6.07, 6.45) is 0. The first kappa shape index (κ1) is 21.0. The number of amidine groups is 3. The van der Waals surface area contributed by atoms with E-state index in [0.29, 0.717) is 6.54 Å². The van der Waals surface area contributed by atoms with Crippen molar-refractivity contribution in [2.45, 2.75) is 12.5 Å². The first-order chi connectivity index (χ1) is 20.8. The van der Waals surface area contributed by atoms with Crippen LogP contribution in [0, 0.1) is 0 Å². The fraction of sp³-hybridized carbons (Fsp3) is 0.0588. The maximum atomic E-state index is 5.43. The zero-order valence-electron chi connectivity index (χ0n) is 22.2. The highest BCUT2D eigenvalue weighted by molar-refractivity contribution is 6.17. The Hall–Kier alpha value is -5.76. The lowest BCUT2D eigenvalue weighted by Gasteiger charge is -2.38. The molecular weight excluding hydrogens is 520 g/mol. The number of hydrogen-bond donors (Lipinski definition) is 0. The second-order valence-corrected chi connectivity index (χ2v) is 11.2. The molecule has 0 unspecified atom stereocenters. The van der Waals surface area contributed by atoms with Gasteiger partial charge in [-0.15, -0.1) is 4.58 Å². The van der Waals surface area contributed by atoms with Crippen LogP contribution in [0.2, 0.25) is 0 Å². The quantitative estimate of drug-likeness (QED) is 0.222. The third-order valence-electron chi connectivity index (χ3n) is 9.39. The average molecular weight is 541 g/mol. The molecule has 8 heteroatoms. The smallest absolute Gasteiger partial charge is 0.246 e. The summed E-state index contributed by atoms with van der Waals surface area (Å²) in [6.45, 7) is 4.76. The molecule has 0 amide bonds. The van der Waals surface area contributed by atoms with E-state index in [2.05, 4.69) is 122 Å². The summed E-state index contributed by atoms with van der Waals surface area (Å²) in [5, 5.41) is 4.19. The molecule has 0 bridgehead atoms. The molecule has 7 heterocycles. The molecule has 2 aromatic heterocycles. The van der Waals surface area contributed by atoms with Crippen molar-refractivity contribution in [3.05, 3.63) is 130 Å². The number of aliphatic imine (C=N–C) groups is 2. The van der Waals surface area contributed by atoms with E-state index in [9.17, 15) is 0 Å². The lowest BCUT2D eigenvalue weighted by molar-refractivity contribution is -0.841. The van der Waals surface area contributed by atoms with Gasteiger partial charge in [0.25, 0.3) is 17.2 Å². The van der Waals surface area contributed by atoms with Crippen LogP contribution in [0.3, 0.4) is 0 Å². The predicted octanol–water partition coefficient (Wildman–Crippen LogP) is 4.15. The molecular formula is C34H20N8+2. The van der Waals surface area contributed by atoms with E-state index >= 15 is 0 Å². The molecule has 5 aliphatic rings. The van der Waals surface area contributed by atoms with Crippen molar-refractivity contribution in [1.82, 2.24) is 9.13 Å². The molecule has 0 radical (unpaired) electrons. The third-order valence-corrected chi connectivity index (χ3v) is 9.39. The standard InChI is InChI=1S/C34H20N8/c1-35-27-21-12-4-5-13-22(21)30-37-31-25-16-8-9-17-26(25)33-38-32-24-15-7-6-14-23(24)29-36-28-20-11-3-2-10-19(20)18-39(28)34(40(27)30,41(29)32)42(31)33/h2-17H,1,18H2/q+2/t34-/m1/s1. The van der Waals surface area contributed by atoms with Crippen molar-refractivity contribution >= 4 is 57.4 Å². The summed E-state index contributed by atoms with van der Waals surface area (Å²) >= 11 is 0. The van der Waals surface area contributed by atoms with Crippen LogP contribution in [0.4, 0.5) is 11.6 Å². The van der Waals surface area contributed by atoms with Crippen molar-refractivity contribution in [3.63, 3.8) is 0 Å². The predicted molar refractivity (Wildman–Crippen MR) is 160 cm³/mol. The minimum absolute atomic E-state index is 0.667. The Morgan fingerprint density at radius 1 is 0.643 bits per heavy atom. The Morgan fingerprint density at radius 3 is 2.02 bits per heavy atom. The van der Waals surface area contributed by atoms with Crippen LogP contribution in [0.5, 0.6) is 0 Å². The van der Waals surface area contributed by atoms with Gasteiger partial charge in [0.05, 0.1) is 22.1 Å². The van der Waals surface area contributed by atoms with Gasteiger partial charge in [0.15, 0.2) is 5.82 Å². The molecule has 0 saturated carbocycles. The van der Waals surface area contributed by atoms with Crippen LogP contribution in [0.15, 0.2) is 117 Å². The topological polar surface area (TPSA) is 65.3 Å². The van der Waals surface area contributed by atoms with Crippen LogP contribution < -0.4 is 11.0 Å². The minimum atomic E-state index is -0.974. The summed E-state index contributed by atoms with van der Waals surface area (Å²) in [7, 11) is 0. The van der Waals surface area contributed by atoms with Crippen molar-refractivity contribution in [3.8, 4) is 0 Å². The highest BCUT2D eigenvalue weighted by Crippen LogP contribution is 2.49. The molecule has 42 heavy (non-hydrogen) atoms. The molecule has 0 N–H and O–H groups in total. The molecule has 1 spiro atoms. The van der Waals surface area contributed by atoms with Gasteiger partial charge in [0.2, 0.25) is 11.3 Å². The van der Waals surface area contributed by atoms with E-state index in [4.69, 9.17) is 20.0 Å². The van der Waals surface area contributed by atoms with Crippen molar-refractivity contribution in [2.75, 3.05) is 0 Å². The van der Waals surface area contributed by atoms with Gasteiger partial charge in [-0.2, -0.15) is 9.14 Å². The lowest BCUT2D eigenvalue weighted by Crippen LogP contribution is -2.69. The summed E-state index contributed by atoms with van der Waals surface area (Å²) < 4.78 is 9.32. The molecule has 0 saturated heterocycles. The Labute approximate surface area is 238 Å². The van der Waals surface area contributed by atoms with E-state index in [1.807, 2.05) is 0 Å². The van der Waals surface area contributed by atoms with Crippen molar-refractivity contribution < 1.29 is 9.15 Å². The fourth-order valence-corrected chi connectivity index (χ4v) is 7.80. The highest BCUT2D eigenvalue weighted by Gasteiger charge is 2.67. The van der Waals surface area contributed by atoms with Crippen LogP contribution in [0.1, 0.15) is 22.3 Å². The summed E-state index contributed by atoms with van der Waals surface area (Å²) in [6, 6.07) is 33.9. The summed E-state index contributed by atoms with van der Waals surface area (Å²) in [5.74, 6) is 3.34. The van der Waals surface area contributed by atoms with Gasteiger partial charge < -0.3 is 0 Å². The normalized spacial score (nSPS) is 19.9. The fourth-order valence-electron chi connectivity index (χ4n) is 7.80. The maximum Gasteiger partial charge on any atom is 0.419 e. The molecule has 11 rings (SSSR count). The van der Waals surface area contributed by atoms with Gasteiger partial charge in [-0.25, -0.2) is 9.56 Å². The van der Waals surface area contributed by atoms with Crippen molar-refractivity contribution in [2.24, 2.45) is 20.0 Å². The van der Waals surface area contributed by atoms with Crippen LogP contribution in [-0.4, -0.2) is 42.5 Å². The first-order valence-corrected chi connectivity index (χ1v) is 14.1. The number of benzene rings is 4. The zero-order chi connectivity index (χ0) is 27.3. The van der Waals surface area contributed by atoms with E-state index in [1.54, 1.807) is 0 Å². The van der Waals surface area contributed by atoms with Crippen LogP contribution >= 0.6 is 0 Å². The second-order valence-electron chi connectivity index (χ2n) is 11.2. The average Bonchev–Trinajstić information content (AvgIpc) is 3.77. The Kier molecular flexibility index (Phi) is 3.38. The van der Waals surface area contributed by atoms with Crippen LogP contribution in [-0.2, 0) is 12.5 Å². The van der Waals surface area contributed by atoms with Gasteiger partial charge in [0, 0.05) is 21.7 Å². The Morgan fingerprint density at radius 2 is 1.26 bits per heavy atom. The van der Waals surface area contributed by atoms with Gasteiger partial charge in [0.1, 0.15) is 6.54 Å². The SMILES string of the molecule is C=Nc1c2ccccc2c2n1[C@]13n4c(c5ccccc5c4=NC4=[N+]1C(=N2)c1ccccc14)=NC1=[N+]3Cc2ccccc21. The number of aromatic nitrogens is 2. The lowest BCUT2D eigenvalue weighted by atomic mass is 10.1. The number of nitrogens with zero attached hydrogens (tertiary/aromatic N) is 8. The molecule has 6 aromatic rings.